The van der Waals surface area contributed by atoms with Crippen molar-refractivity contribution in [3.8, 4) is 0 Å². The fraction of sp³-hybridized carbons (Fsp3) is 0.250. The van der Waals surface area contributed by atoms with Crippen molar-refractivity contribution in [1.82, 2.24) is 0 Å². The molecule has 1 aliphatic heterocycles. The van der Waals surface area contributed by atoms with E-state index in [0.717, 1.165) is 11.3 Å². The molecule has 0 saturated heterocycles. The molecule has 0 aliphatic carbocycles. The Hall–Kier alpha value is -2.76. The van der Waals surface area contributed by atoms with Crippen LogP contribution in [0.25, 0.3) is 0 Å². The van der Waals surface area contributed by atoms with Crippen LogP contribution in [0, 0.1) is 6.92 Å². The van der Waals surface area contributed by atoms with E-state index < -0.39 is 17.9 Å². The second-order valence-corrected chi connectivity index (χ2v) is 8.07. The molecule has 1 heterocycles. The monoisotopic (exact) mass is 459 g/mol. The average Bonchev–Trinajstić information content (AvgIpc) is 2.75. The minimum Gasteiger partial charge on any atom is -0.466 e. The average molecular weight is 460 g/mol. The van der Waals surface area contributed by atoms with E-state index >= 15 is 0 Å². The first-order chi connectivity index (χ1) is 14.7. The lowest BCUT2D eigenvalue weighted by atomic mass is 9.79. The molecule has 0 atom stereocenters. The fourth-order valence-electron chi connectivity index (χ4n) is 3.91. The Labute approximate surface area is 191 Å². The Balaban J connectivity index is 2.34. The van der Waals surface area contributed by atoms with Crippen LogP contribution in [0.2, 0.25) is 10.0 Å². The molecule has 2 aromatic rings. The summed E-state index contributed by atoms with van der Waals surface area (Å²) in [6.45, 7) is 5.65. The van der Waals surface area contributed by atoms with Crippen LogP contribution in [0.1, 0.15) is 30.9 Å². The Morgan fingerprint density at radius 3 is 1.77 bits per heavy atom. The molecule has 0 unspecified atom stereocenters. The van der Waals surface area contributed by atoms with Gasteiger partial charge >= 0.3 is 11.9 Å². The lowest BCUT2D eigenvalue weighted by Gasteiger charge is -2.37. The third kappa shape index (κ3) is 4.21. The van der Waals surface area contributed by atoms with E-state index in [4.69, 9.17) is 32.7 Å². The van der Waals surface area contributed by atoms with Crippen molar-refractivity contribution in [3.63, 3.8) is 0 Å². The maximum absolute atomic E-state index is 13.0. The van der Waals surface area contributed by atoms with Crippen LogP contribution in [0.4, 0.5) is 5.69 Å². The highest BCUT2D eigenvalue weighted by molar-refractivity contribution is 6.42. The second-order valence-electron chi connectivity index (χ2n) is 7.26. The predicted molar refractivity (Wildman–Crippen MR) is 122 cm³/mol. The Bertz CT molecular complexity index is 1060. The summed E-state index contributed by atoms with van der Waals surface area (Å²) in [5.74, 6) is -1.81. The maximum atomic E-state index is 13.0. The summed E-state index contributed by atoms with van der Waals surface area (Å²) < 4.78 is 10.2. The molecule has 0 saturated carbocycles. The first kappa shape index (κ1) is 22.9. The zero-order valence-corrected chi connectivity index (χ0v) is 19.5. The fourth-order valence-corrected chi connectivity index (χ4v) is 4.22. The van der Waals surface area contributed by atoms with Crippen LogP contribution in [-0.4, -0.2) is 26.2 Å². The number of aryl methyl sites for hydroxylation is 1. The van der Waals surface area contributed by atoms with Gasteiger partial charge in [-0.2, -0.15) is 0 Å². The van der Waals surface area contributed by atoms with Gasteiger partial charge in [0, 0.05) is 17.1 Å². The van der Waals surface area contributed by atoms with E-state index in [2.05, 4.69) is 0 Å². The summed E-state index contributed by atoms with van der Waals surface area (Å²) in [4.78, 5) is 27.8. The minimum atomic E-state index is -0.726. The predicted octanol–water partition coefficient (Wildman–Crippen LogP) is 5.80. The number of carbonyl (C=O) groups is 2. The standard InChI is InChI=1S/C24H23Cl2NO4/c1-13-6-9-17(10-7-13)27-14(2)20(23(28)30-4)22(21(15(27)3)24(29)31-5)16-8-11-18(25)19(26)12-16/h6-12,22H,1-5H3. The van der Waals surface area contributed by atoms with Crippen molar-refractivity contribution >= 4 is 40.8 Å². The van der Waals surface area contributed by atoms with Gasteiger partial charge in [0.15, 0.2) is 0 Å². The number of hydrogen-bond acceptors (Lipinski definition) is 5. The molecule has 1 aliphatic rings. The molecule has 0 aromatic heterocycles. The number of nitrogens with zero attached hydrogens (tertiary/aromatic N) is 1. The molecule has 5 nitrogen and oxygen atoms in total. The Morgan fingerprint density at radius 2 is 1.32 bits per heavy atom. The van der Waals surface area contributed by atoms with Gasteiger partial charge in [0.25, 0.3) is 0 Å². The third-order valence-electron chi connectivity index (χ3n) is 5.41. The van der Waals surface area contributed by atoms with Crippen molar-refractivity contribution < 1.29 is 19.1 Å². The van der Waals surface area contributed by atoms with Gasteiger partial charge in [-0.25, -0.2) is 9.59 Å². The highest BCUT2D eigenvalue weighted by Gasteiger charge is 2.40. The van der Waals surface area contributed by atoms with Gasteiger partial charge in [0.1, 0.15) is 0 Å². The van der Waals surface area contributed by atoms with E-state index in [1.165, 1.54) is 14.2 Å². The van der Waals surface area contributed by atoms with Gasteiger partial charge in [-0.15, -0.1) is 0 Å². The Morgan fingerprint density at radius 1 is 0.806 bits per heavy atom. The molecule has 0 amide bonds. The van der Waals surface area contributed by atoms with Crippen LogP contribution in [0.3, 0.4) is 0 Å². The highest BCUT2D eigenvalue weighted by atomic mass is 35.5. The van der Waals surface area contributed by atoms with Crippen LogP contribution < -0.4 is 4.90 Å². The topological polar surface area (TPSA) is 55.8 Å². The zero-order chi connectivity index (χ0) is 22.9. The van der Waals surface area contributed by atoms with Gasteiger partial charge in [-0.3, -0.25) is 0 Å². The van der Waals surface area contributed by atoms with Crippen molar-refractivity contribution in [2.24, 2.45) is 0 Å². The molecule has 3 rings (SSSR count). The lowest BCUT2D eigenvalue weighted by molar-refractivity contribution is -0.137. The minimum absolute atomic E-state index is 0.323. The molecular formula is C24H23Cl2NO4. The van der Waals surface area contributed by atoms with Crippen LogP contribution in [0.15, 0.2) is 65.0 Å². The van der Waals surface area contributed by atoms with Crippen molar-refractivity contribution in [2.45, 2.75) is 26.7 Å². The summed E-state index contributed by atoms with van der Waals surface area (Å²) in [6, 6.07) is 12.8. The number of halogens is 2. The summed E-state index contributed by atoms with van der Waals surface area (Å²) in [6.07, 6.45) is 0. The largest absolute Gasteiger partial charge is 0.466 e. The quantitative estimate of drug-likeness (QED) is 0.540. The number of benzene rings is 2. The van der Waals surface area contributed by atoms with Crippen LogP contribution >= 0.6 is 23.2 Å². The first-order valence-corrected chi connectivity index (χ1v) is 10.4. The third-order valence-corrected chi connectivity index (χ3v) is 6.15. The summed E-state index contributed by atoms with van der Waals surface area (Å²) in [5.41, 5.74) is 4.50. The van der Waals surface area contributed by atoms with Crippen molar-refractivity contribution in [2.75, 3.05) is 19.1 Å². The first-order valence-electron chi connectivity index (χ1n) is 9.61. The molecule has 0 fully saturated rings. The van der Waals surface area contributed by atoms with E-state index in [1.807, 2.05) is 49.9 Å². The van der Waals surface area contributed by atoms with E-state index in [-0.39, 0.29) is 0 Å². The van der Waals surface area contributed by atoms with Gasteiger partial charge < -0.3 is 14.4 Å². The number of rotatable bonds is 4. The van der Waals surface area contributed by atoms with Gasteiger partial charge in [-0.05, 0) is 50.6 Å². The number of allylic oxidation sites excluding steroid dienone is 2. The normalized spacial score (nSPS) is 14.7. The number of anilines is 1. The van der Waals surface area contributed by atoms with Crippen molar-refractivity contribution in [1.29, 1.82) is 0 Å². The Kier molecular flexibility index (Phi) is 6.77. The molecule has 162 valence electrons. The van der Waals surface area contributed by atoms with Gasteiger partial charge in [0.2, 0.25) is 0 Å². The number of esters is 2. The molecule has 31 heavy (non-hydrogen) atoms. The molecule has 7 heteroatoms. The van der Waals surface area contributed by atoms with Crippen LogP contribution in [0.5, 0.6) is 0 Å². The maximum Gasteiger partial charge on any atom is 0.336 e. The second kappa shape index (κ2) is 9.16. The van der Waals surface area contributed by atoms with E-state index in [1.54, 1.807) is 18.2 Å². The molecule has 0 radical (unpaired) electrons. The summed E-state index contributed by atoms with van der Waals surface area (Å²) in [7, 11) is 2.63. The molecular weight excluding hydrogens is 437 g/mol. The SMILES string of the molecule is COC(=O)C1=C(C)N(c2ccc(C)cc2)C(C)=C(C(=O)OC)C1c1ccc(Cl)c(Cl)c1. The van der Waals surface area contributed by atoms with E-state index in [0.29, 0.717) is 38.1 Å². The van der Waals surface area contributed by atoms with Crippen molar-refractivity contribution in [3.05, 3.63) is 86.2 Å². The number of ether oxygens (including phenoxy) is 2. The number of carbonyl (C=O) groups excluding carboxylic acids is 2. The highest BCUT2D eigenvalue weighted by Crippen LogP contribution is 2.45. The molecule has 0 bridgehead atoms. The smallest absolute Gasteiger partial charge is 0.336 e. The lowest BCUT2D eigenvalue weighted by Crippen LogP contribution is -2.35. The van der Waals surface area contributed by atoms with Crippen LogP contribution in [-0.2, 0) is 19.1 Å². The molecule has 0 N–H and O–H groups in total. The summed E-state index contributed by atoms with van der Waals surface area (Å²) in [5, 5.41) is 0.701. The molecule has 0 spiro atoms. The number of methoxy groups -OCH3 is 2. The summed E-state index contributed by atoms with van der Waals surface area (Å²) >= 11 is 12.4. The number of hydrogen-bond donors (Lipinski definition) is 0. The van der Waals surface area contributed by atoms with Gasteiger partial charge in [-0.1, -0.05) is 47.0 Å². The zero-order valence-electron chi connectivity index (χ0n) is 18.0. The van der Waals surface area contributed by atoms with Gasteiger partial charge in [0.05, 0.1) is 41.3 Å². The molecule has 2 aromatic carbocycles. The van der Waals surface area contributed by atoms with E-state index in [9.17, 15) is 9.59 Å².